The largest absolute Gasteiger partial charge is 0.493 e. The van der Waals surface area contributed by atoms with Crippen LogP contribution in [0.1, 0.15) is 81.9 Å². The van der Waals surface area contributed by atoms with E-state index in [0.717, 1.165) is 50.2 Å². The average molecular weight is 499 g/mol. The molecule has 2 aromatic carbocycles. The molecule has 0 saturated carbocycles. The van der Waals surface area contributed by atoms with E-state index in [9.17, 15) is 0 Å². The van der Waals surface area contributed by atoms with Crippen LogP contribution in [-0.4, -0.2) is 16.2 Å². The minimum absolute atomic E-state index is 0.768. The van der Waals surface area contributed by atoms with E-state index in [4.69, 9.17) is 4.74 Å². The zero-order valence-electron chi connectivity index (χ0n) is 22.9. The normalized spacial score (nSPS) is 11.3. The Bertz CT molecular complexity index is 1210. The summed E-state index contributed by atoms with van der Waals surface area (Å²) in [4.78, 5) is 4.65. The van der Waals surface area contributed by atoms with Crippen LogP contribution >= 0.6 is 0 Å². The van der Waals surface area contributed by atoms with Gasteiger partial charge in [0.1, 0.15) is 12.3 Å². The van der Waals surface area contributed by atoms with Crippen LogP contribution in [0.5, 0.6) is 5.75 Å². The molecular weight excluding hydrogens is 454 g/mol. The van der Waals surface area contributed by atoms with E-state index in [1.165, 1.54) is 67.2 Å². The number of aromatic nitrogens is 3. The lowest BCUT2D eigenvalue weighted by Crippen LogP contribution is -2.32. The van der Waals surface area contributed by atoms with Crippen molar-refractivity contribution >= 4 is 11.0 Å². The van der Waals surface area contributed by atoms with E-state index in [0.29, 0.717) is 0 Å². The predicted octanol–water partition coefficient (Wildman–Crippen LogP) is 7.70. The van der Waals surface area contributed by atoms with Crippen molar-refractivity contribution in [2.45, 2.75) is 91.1 Å². The fraction of sp³-hybridized carbons (Fsp3) is 0.455. The first-order chi connectivity index (χ1) is 18.3. The number of imidazole rings is 1. The lowest BCUT2D eigenvalue weighted by Gasteiger charge is -2.13. The van der Waals surface area contributed by atoms with Crippen molar-refractivity contribution in [1.29, 1.82) is 0 Å². The van der Waals surface area contributed by atoms with Gasteiger partial charge in [0, 0.05) is 19.0 Å². The quantitative estimate of drug-likeness (QED) is 0.117. The third kappa shape index (κ3) is 8.18. The summed E-state index contributed by atoms with van der Waals surface area (Å²) in [5, 5.41) is 0. The molecule has 4 heteroatoms. The van der Waals surface area contributed by atoms with Crippen LogP contribution in [0.15, 0.2) is 73.3 Å². The van der Waals surface area contributed by atoms with Gasteiger partial charge in [-0.25, -0.2) is 9.55 Å². The van der Waals surface area contributed by atoms with Gasteiger partial charge in [0.15, 0.2) is 17.9 Å². The molecule has 0 unspecified atom stereocenters. The van der Waals surface area contributed by atoms with Gasteiger partial charge in [-0.3, -0.25) is 0 Å². The van der Waals surface area contributed by atoms with Gasteiger partial charge in [0.2, 0.25) is 0 Å². The van der Waals surface area contributed by atoms with Crippen LogP contribution < -0.4 is 9.30 Å². The molecule has 0 amide bonds. The summed E-state index contributed by atoms with van der Waals surface area (Å²) >= 11 is 0. The molecule has 4 aromatic rings. The first-order valence-electron chi connectivity index (χ1n) is 14.4. The number of benzene rings is 2. The first-order valence-corrected chi connectivity index (χ1v) is 14.4. The highest BCUT2D eigenvalue weighted by atomic mass is 16.5. The van der Waals surface area contributed by atoms with E-state index in [2.05, 4.69) is 95.0 Å². The van der Waals surface area contributed by atoms with Crippen molar-refractivity contribution in [1.82, 2.24) is 9.55 Å². The third-order valence-corrected chi connectivity index (χ3v) is 7.13. The minimum atomic E-state index is 0.768. The Balaban J connectivity index is 1.26. The predicted molar refractivity (Wildman–Crippen MR) is 153 cm³/mol. The maximum absolute atomic E-state index is 6.29. The van der Waals surface area contributed by atoms with Gasteiger partial charge in [-0.1, -0.05) is 82.0 Å². The Labute approximate surface area is 223 Å². The number of aryl methyl sites for hydroxylation is 3. The maximum atomic E-state index is 6.29. The molecule has 2 aromatic heterocycles. The Morgan fingerprint density at radius 3 is 2.43 bits per heavy atom. The highest BCUT2D eigenvalue weighted by Crippen LogP contribution is 2.24. The molecule has 0 aliphatic heterocycles. The topological polar surface area (TPSA) is 30.9 Å². The number of ether oxygens (including phenoxy) is 1. The van der Waals surface area contributed by atoms with Crippen molar-refractivity contribution in [3.8, 4) is 5.75 Å². The highest BCUT2D eigenvalue weighted by Gasteiger charge is 2.10. The molecule has 0 bridgehead atoms. The number of fused-ring (bicyclic) bond motifs is 1. The smallest absolute Gasteiger partial charge is 0.196 e. The molecule has 0 spiro atoms. The summed E-state index contributed by atoms with van der Waals surface area (Å²) in [7, 11) is 0. The molecule has 0 fully saturated rings. The van der Waals surface area contributed by atoms with Crippen LogP contribution in [0.3, 0.4) is 0 Å². The van der Waals surface area contributed by atoms with Crippen LogP contribution in [0.2, 0.25) is 0 Å². The van der Waals surface area contributed by atoms with Gasteiger partial charge in [-0.2, -0.15) is 0 Å². The van der Waals surface area contributed by atoms with Crippen molar-refractivity contribution in [3.63, 3.8) is 0 Å². The fourth-order valence-electron chi connectivity index (χ4n) is 4.95. The van der Waals surface area contributed by atoms with Crippen molar-refractivity contribution in [3.05, 3.63) is 90.0 Å². The van der Waals surface area contributed by atoms with E-state index in [-0.39, 0.29) is 0 Å². The third-order valence-electron chi connectivity index (χ3n) is 7.13. The van der Waals surface area contributed by atoms with Crippen LogP contribution in [0.4, 0.5) is 0 Å². The summed E-state index contributed by atoms with van der Waals surface area (Å²) in [6.45, 7) is 7.13. The van der Waals surface area contributed by atoms with Crippen LogP contribution in [0.25, 0.3) is 11.0 Å². The maximum Gasteiger partial charge on any atom is 0.196 e. The van der Waals surface area contributed by atoms with Crippen molar-refractivity contribution in [2.75, 3.05) is 6.61 Å². The standard InChI is InChI=1S/C33H44N3O/c1-3-5-8-14-28-18-19-33(30(24-28)17-9-6-4-2)37-23-13-12-21-35-22-20-32-31(26-35)34-27-36(32)25-29-15-10-7-11-16-29/h7,10-11,15-16,18-20,22,24,26-27H,3-6,8-9,12-14,17,21,23,25H2,1-2H3/q+1. The van der Waals surface area contributed by atoms with Crippen LogP contribution in [-0.2, 0) is 25.9 Å². The number of nitrogens with zero attached hydrogens (tertiary/aromatic N) is 3. The van der Waals surface area contributed by atoms with E-state index in [1.54, 1.807) is 0 Å². The molecule has 4 rings (SSSR count). The Kier molecular flexibility index (Phi) is 10.6. The van der Waals surface area contributed by atoms with Gasteiger partial charge in [0.25, 0.3) is 0 Å². The second-order valence-electron chi connectivity index (χ2n) is 10.2. The number of rotatable bonds is 16. The number of unbranched alkanes of at least 4 members (excludes halogenated alkanes) is 5. The zero-order chi connectivity index (χ0) is 25.7. The van der Waals surface area contributed by atoms with E-state index >= 15 is 0 Å². The highest BCUT2D eigenvalue weighted by molar-refractivity contribution is 5.73. The molecule has 0 radical (unpaired) electrons. The number of pyridine rings is 1. The molecule has 37 heavy (non-hydrogen) atoms. The first kappa shape index (κ1) is 26.9. The summed E-state index contributed by atoms with van der Waals surface area (Å²) in [5.74, 6) is 1.09. The van der Waals surface area contributed by atoms with Crippen molar-refractivity contribution < 1.29 is 9.30 Å². The number of hydrogen-bond donors (Lipinski definition) is 0. The molecule has 0 N–H and O–H groups in total. The molecular formula is C33H44N3O+. The molecule has 2 heterocycles. The average Bonchev–Trinajstić information content (AvgIpc) is 3.32. The molecule has 0 atom stereocenters. The minimum Gasteiger partial charge on any atom is -0.493 e. The Hall–Kier alpha value is -3.14. The van der Waals surface area contributed by atoms with E-state index < -0.39 is 0 Å². The van der Waals surface area contributed by atoms with E-state index in [1.807, 2.05) is 6.33 Å². The number of hydrogen-bond acceptors (Lipinski definition) is 2. The van der Waals surface area contributed by atoms with Crippen molar-refractivity contribution in [2.24, 2.45) is 0 Å². The molecule has 0 aliphatic rings. The summed E-state index contributed by atoms with van der Waals surface area (Å²) in [6.07, 6.45) is 18.4. The second kappa shape index (κ2) is 14.6. The van der Waals surface area contributed by atoms with Gasteiger partial charge < -0.3 is 9.30 Å². The van der Waals surface area contributed by atoms with Gasteiger partial charge >= 0.3 is 0 Å². The Morgan fingerprint density at radius 2 is 1.62 bits per heavy atom. The van der Waals surface area contributed by atoms with Crippen LogP contribution in [0, 0.1) is 0 Å². The fourth-order valence-corrected chi connectivity index (χ4v) is 4.95. The molecule has 0 aliphatic carbocycles. The zero-order valence-corrected chi connectivity index (χ0v) is 22.9. The monoisotopic (exact) mass is 498 g/mol. The summed E-state index contributed by atoms with van der Waals surface area (Å²) in [5.41, 5.74) is 6.37. The van der Waals surface area contributed by atoms with Gasteiger partial charge in [0.05, 0.1) is 18.5 Å². The lowest BCUT2D eigenvalue weighted by molar-refractivity contribution is -0.696. The van der Waals surface area contributed by atoms with Gasteiger partial charge in [-0.05, 0) is 54.9 Å². The van der Waals surface area contributed by atoms with Gasteiger partial charge in [-0.15, -0.1) is 0 Å². The Morgan fingerprint density at radius 1 is 0.811 bits per heavy atom. The SMILES string of the molecule is CCCCCc1ccc(OCCCC[n+]2ccc3c(c2)ncn3Cc2ccccc2)c(CCCCC)c1. The second-order valence-corrected chi connectivity index (χ2v) is 10.2. The molecule has 196 valence electrons. The molecule has 4 nitrogen and oxygen atoms in total. The lowest BCUT2D eigenvalue weighted by atomic mass is 10.00. The summed E-state index contributed by atoms with van der Waals surface area (Å²) < 4.78 is 10.8. The summed E-state index contributed by atoms with van der Waals surface area (Å²) in [6, 6.07) is 19.6. The molecule has 0 saturated heterocycles.